The molecule has 1 nitrogen and oxygen atoms in total. The third-order valence-corrected chi connectivity index (χ3v) is 4.11. The van der Waals surface area contributed by atoms with E-state index in [1.54, 1.807) is 0 Å². The molecule has 0 saturated carbocycles. The minimum Gasteiger partial charge on any atom is -0.304 e. The smallest absolute Gasteiger partial charge is 0.0453 e. The van der Waals surface area contributed by atoms with Crippen LogP contribution in [0.3, 0.4) is 0 Å². The van der Waals surface area contributed by atoms with Gasteiger partial charge >= 0.3 is 0 Å². The fraction of sp³-hybridized carbons (Fsp3) is 0.250. The van der Waals surface area contributed by atoms with Crippen molar-refractivity contribution in [3.8, 4) is 0 Å². The zero-order valence-corrected chi connectivity index (χ0v) is 13.4. The minimum atomic E-state index is 0.215. The van der Waals surface area contributed by atoms with Crippen molar-refractivity contribution in [2.45, 2.75) is 25.9 Å². The van der Waals surface area contributed by atoms with Crippen LogP contribution in [-0.2, 0) is 0 Å². The monoisotopic (exact) mass is 337 g/mol. The second-order valence-electron chi connectivity index (χ2n) is 4.68. The molecule has 0 aliphatic heterocycles. The van der Waals surface area contributed by atoms with Gasteiger partial charge < -0.3 is 5.32 Å². The molecular formula is C16H17BrClN. The highest BCUT2D eigenvalue weighted by molar-refractivity contribution is 9.10. The zero-order valence-electron chi connectivity index (χ0n) is 11.0. The molecule has 0 aliphatic carbocycles. The van der Waals surface area contributed by atoms with E-state index < -0.39 is 0 Å². The summed E-state index contributed by atoms with van der Waals surface area (Å²) in [5, 5.41) is 4.38. The quantitative estimate of drug-likeness (QED) is 0.774. The van der Waals surface area contributed by atoms with Gasteiger partial charge in [-0.3, -0.25) is 0 Å². The molecule has 0 bridgehead atoms. The Morgan fingerprint density at radius 1 is 0.947 bits per heavy atom. The lowest BCUT2D eigenvalue weighted by Gasteiger charge is -2.21. The van der Waals surface area contributed by atoms with Gasteiger partial charge in [0.15, 0.2) is 0 Å². The Labute approximate surface area is 128 Å². The van der Waals surface area contributed by atoms with Gasteiger partial charge in [-0.25, -0.2) is 0 Å². The predicted octanol–water partition coefficient (Wildman–Crippen LogP) is 5.51. The lowest BCUT2D eigenvalue weighted by Crippen LogP contribution is -2.22. The highest BCUT2D eigenvalue weighted by Gasteiger charge is 2.13. The maximum atomic E-state index is 6.22. The van der Waals surface area contributed by atoms with Crippen LogP contribution in [0.25, 0.3) is 0 Å². The van der Waals surface area contributed by atoms with Gasteiger partial charge in [-0.1, -0.05) is 57.9 Å². The molecule has 2 rings (SSSR count). The van der Waals surface area contributed by atoms with Gasteiger partial charge in [-0.15, -0.1) is 0 Å². The summed E-state index contributed by atoms with van der Waals surface area (Å²) in [5.74, 6) is 0. The van der Waals surface area contributed by atoms with Crippen LogP contribution in [0.4, 0.5) is 0 Å². The molecule has 100 valence electrons. The fourth-order valence-electron chi connectivity index (χ4n) is 2.14. The normalized spacial score (nSPS) is 14.1. The predicted molar refractivity (Wildman–Crippen MR) is 85.6 cm³/mol. The number of hydrogen-bond acceptors (Lipinski definition) is 1. The van der Waals surface area contributed by atoms with E-state index in [0.717, 1.165) is 15.1 Å². The Hall–Kier alpha value is -0.830. The van der Waals surface area contributed by atoms with Crippen LogP contribution in [0.2, 0.25) is 5.02 Å². The van der Waals surface area contributed by atoms with E-state index >= 15 is 0 Å². The highest BCUT2D eigenvalue weighted by atomic mass is 79.9. The topological polar surface area (TPSA) is 12.0 Å². The van der Waals surface area contributed by atoms with Crippen molar-refractivity contribution in [3.05, 3.63) is 69.2 Å². The van der Waals surface area contributed by atoms with Gasteiger partial charge in [0.05, 0.1) is 0 Å². The van der Waals surface area contributed by atoms with E-state index in [-0.39, 0.29) is 12.1 Å². The van der Waals surface area contributed by atoms with Gasteiger partial charge in [-0.05, 0) is 43.2 Å². The Morgan fingerprint density at radius 3 is 2.21 bits per heavy atom. The first-order chi connectivity index (χ1) is 9.08. The van der Waals surface area contributed by atoms with Crippen molar-refractivity contribution in [2.75, 3.05) is 0 Å². The second-order valence-corrected chi connectivity index (χ2v) is 6.01. The fourth-order valence-corrected chi connectivity index (χ4v) is 2.70. The number of hydrogen-bond donors (Lipinski definition) is 1. The Bertz CT molecular complexity index is 539. The third kappa shape index (κ3) is 3.82. The molecule has 2 aromatic rings. The van der Waals surface area contributed by atoms with Crippen molar-refractivity contribution < 1.29 is 0 Å². The summed E-state index contributed by atoms with van der Waals surface area (Å²) in [6.07, 6.45) is 0. The molecular weight excluding hydrogens is 322 g/mol. The van der Waals surface area contributed by atoms with Crippen molar-refractivity contribution >= 4 is 27.5 Å². The van der Waals surface area contributed by atoms with E-state index in [0.29, 0.717) is 0 Å². The maximum Gasteiger partial charge on any atom is 0.0453 e. The molecule has 3 heteroatoms. The van der Waals surface area contributed by atoms with Crippen molar-refractivity contribution in [1.29, 1.82) is 0 Å². The second kappa shape index (κ2) is 6.56. The van der Waals surface area contributed by atoms with Crippen LogP contribution in [-0.4, -0.2) is 0 Å². The Kier molecular flexibility index (Phi) is 5.03. The molecule has 0 saturated heterocycles. The van der Waals surface area contributed by atoms with E-state index in [9.17, 15) is 0 Å². The van der Waals surface area contributed by atoms with Crippen LogP contribution in [0.15, 0.2) is 53.0 Å². The lowest BCUT2D eigenvalue weighted by atomic mass is 10.0. The van der Waals surface area contributed by atoms with Crippen molar-refractivity contribution in [1.82, 2.24) is 5.32 Å². The summed E-state index contributed by atoms with van der Waals surface area (Å²) in [5.41, 5.74) is 2.40. The largest absolute Gasteiger partial charge is 0.304 e. The first-order valence-electron chi connectivity index (χ1n) is 6.34. The average Bonchev–Trinajstić information content (AvgIpc) is 2.39. The number of nitrogens with one attached hydrogen (secondary N) is 1. The molecule has 1 unspecified atom stereocenters. The zero-order chi connectivity index (χ0) is 13.8. The summed E-state index contributed by atoms with van der Waals surface area (Å²) < 4.78 is 1.10. The molecule has 0 amide bonds. The van der Waals surface area contributed by atoms with Crippen LogP contribution in [0.5, 0.6) is 0 Å². The van der Waals surface area contributed by atoms with Crippen LogP contribution in [0.1, 0.15) is 37.1 Å². The molecule has 0 radical (unpaired) electrons. The average molecular weight is 339 g/mol. The van der Waals surface area contributed by atoms with Crippen LogP contribution in [0, 0.1) is 0 Å². The first-order valence-corrected chi connectivity index (χ1v) is 7.51. The van der Waals surface area contributed by atoms with E-state index in [1.165, 1.54) is 5.56 Å². The van der Waals surface area contributed by atoms with Gasteiger partial charge in [0.2, 0.25) is 0 Å². The van der Waals surface area contributed by atoms with Gasteiger partial charge in [0.1, 0.15) is 0 Å². The molecule has 2 atom stereocenters. The SMILES string of the molecule is CC(N[C@@H](C)c1ccc(Br)cc1)c1ccccc1Cl. The number of benzene rings is 2. The molecule has 0 aliphatic rings. The minimum absolute atomic E-state index is 0.215. The van der Waals surface area contributed by atoms with Crippen LogP contribution >= 0.6 is 27.5 Å². The molecule has 0 aromatic heterocycles. The lowest BCUT2D eigenvalue weighted by molar-refractivity contribution is 0.495. The molecule has 0 fully saturated rings. The summed E-state index contributed by atoms with van der Waals surface area (Å²) >= 11 is 9.68. The summed E-state index contributed by atoms with van der Waals surface area (Å²) in [6.45, 7) is 4.30. The van der Waals surface area contributed by atoms with Gasteiger partial charge in [0, 0.05) is 21.6 Å². The Balaban J connectivity index is 2.08. The van der Waals surface area contributed by atoms with Crippen molar-refractivity contribution in [2.24, 2.45) is 0 Å². The maximum absolute atomic E-state index is 6.22. The molecule has 0 heterocycles. The Morgan fingerprint density at radius 2 is 1.58 bits per heavy atom. The molecule has 1 N–H and O–H groups in total. The summed E-state index contributed by atoms with van der Waals surface area (Å²) in [6, 6.07) is 16.8. The standard InChI is InChI=1S/C16H17BrClN/c1-11(13-7-9-14(17)10-8-13)19-12(2)15-5-3-4-6-16(15)18/h3-12,19H,1-2H3/t11-,12?/m0/s1. The van der Waals surface area contributed by atoms with E-state index in [2.05, 4.69) is 65.4 Å². The number of rotatable bonds is 4. The van der Waals surface area contributed by atoms with Gasteiger partial charge in [-0.2, -0.15) is 0 Å². The van der Waals surface area contributed by atoms with Crippen molar-refractivity contribution in [3.63, 3.8) is 0 Å². The van der Waals surface area contributed by atoms with Crippen LogP contribution < -0.4 is 5.32 Å². The summed E-state index contributed by atoms with van der Waals surface area (Å²) in [4.78, 5) is 0. The third-order valence-electron chi connectivity index (χ3n) is 3.24. The van der Waals surface area contributed by atoms with E-state index in [4.69, 9.17) is 11.6 Å². The highest BCUT2D eigenvalue weighted by Crippen LogP contribution is 2.25. The number of halogens is 2. The van der Waals surface area contributed by atoms with Gasteiger partial charge in [0.25, 0.3) is 0 Å². The molecule has 2 aromatic carbocycles. The van der Waals surface area contributed by atoms with E-state index in [1.807, 2.05) is 18.2 Å². The summed E-state index contributed by atoms with van der Waals surface area (Å²) in [7, 11) is 0. The molecule has 19 heavy (non-hydrogen) atoms. The molecule has 0 spiro atoms. The first kappa shape index (κ1) is 14.6.